The van der Waals surface area contributed by atoms with E-state index >= 15 is 0 Å². The number of phenols is 1. The van der Waals surface area contributed by atoms with Crippen molar-refractivity contribution in [3.05, 3.63) is 65.7 Å². The lowest BCUT2D eigenvalue weighted by Gasteiger charge is -2.25. The first kappa shape index (κ1) is 29.5. The van der Waals surface area contributed by atoms with Crippen molar-refractivity contribution < 1.29 is 29.1 Å². The van der Waals surface area contributed by atoms with Gasteiger partial charge in [0.05, 0.1) is 6.54 Å². The molecule has 0 unspecified atom stereocenters. The molecule has 0 bridgehead atoms. The van der Waals surface area contributed by atoms with Gasteiger partial charge in [-0.15, -0.1) is 0 Å². The molecule has 1 aliphatic rings. The predicted molar refractivity (Wildman–Crippen MR) is 147 cm³/mol. The molecule has 0 saturated carbocycles. The van der Waals surface area contributed by atoms with Gasteiger partial charge in [0.1, 0.15) is 29.9 Å². The van der Waals surface area contributed by atoms with Gasteiger partial charge in [-0.25, -0.2) is 0 Å². The van der Waals surface area contributed by atoms with Gasteiger partial charge in [0, 0.05) is 18.6 Å². The van der Waals surface area contributed by atoms with Gasteiger partial charge in [-0.3, -0.25) is 24.0 Å². The molecule has 11 nitrogen and oxygen atoms in total. The Bertz CT molecular complexity index is 1180. The number of hydrogen-bond donors (Lipinski definition) is 6. The number of carbonyl (C=O) groups excluding carboxylic acids is 5. The second-order valence-electron chi connectivity index (χ2n) is 9.21. The summed E-state index contributed by atoms with van der Waals surface area (Å²) in [6.45, 7) is 1.07. The van der Waals surface area contributed by atoms with Crippen LogP contribution in [0.5, 0.6) is 5.75 Å². The minimum atomic E-state index is -1.10. The third-order valence-electron chi connectivity index (χ3n) is 6.09. The maximum atomic E-state index is 13.5. The van der Waals surface area contributed by atoms with Crippen molar-refractivity contribution >= 4 is 41.3 Å². The lowest BCUT2D eigenvalue weighted by atomic mass is 10.0. The zero-order chi connectivity index (χ0) is 28.4. The second-order valence-corrected chi connectivity index (χ2v) is 10.1. The highest BCUT2D eigenvalue weighted by Gasteiger charge is 2.31. The van der Waals surface area contributed by atoms with Crippen molar-refractivity contribution in [2.24, 2.45) is 0 Å². The van der Waals surface area contributed by atoms with E-state index in [0.29, 0.717) is 5.56 Å². The number of carbonyl (C=O) groups is 5. The van der Waals surface area contributed by atoms with Crippen LogP contribution in [0, 0.1) is 0 Å². The molecule has 0 aliphatic carbocycles. The summed E-state index contributed by atoms with van der Waals surface area (Å²) in [5.41, 5.74) is 1.44. The van der Waals surface area contributed by atoms with Crippen LogP contribution in [-0.4, -0.2) is 77.4 Å². The summed E-state index contributed by atoms with van der Waals surface area (Å²) in [5, 5.41) is 22.7. The average molecular weight is 556 g/mol. The Labute approximate surface area is 230 Å². The highest BCUT2D eigenvalue weighted by atomic mass is 32.2. The number of nitrogens with one attached hydrogen (secondary N) is 5. The fraction of sp³-hybridized carbons (Fsp3) is 0.370. The smallest absolute Gasteiger partial charge is 0.244 e. The topological polar surface area (TPSA) is 166 Å². The Morgan fingerprint density at radius 2 is 1.26 bits per heavy atom. The summed E-state index contributed by atoms with van der Waals surface area (Å²) < 4.78 is 0. The van der Waals surface area contributed by atoms with Crippen LogP contribution < -0.4 is 26.6 Å². The summed E-state index contributed by atoms with van der Waals surface area (Å²) in [6, 6.07) is 11.1. The highest BCUT2D eigenvalue weighted by molar-refractivity contribution is 7.98. The van der Waals surface area contributed by atoms with Crippen molar-refractivity contribution in [1.29, 1.82) is 0 Å². The summed E-state index contributed by atoms with van der Waals surface area (Å²) in [7, 11) is 0. The minimum Gasteiger partial charge on any atom is -0.508 e. The number of thioether (sulfide) groups is 1. The third-order valence-corrected chi connectivity index (χ3v) is 6.75. The van der Waals surface area contributed by atoms with Crippen molar-refractivity contribution in [3.63, 3.8) is 0 Å². The Morgan fingerprint density at radius 1 is 0.718 bits per heavy atom. The molecule has 6 N–H and O–H groups in total. The number of phenolic OH excluding ortho intramolecular Hbond substituents is 1. The SMILES string of the molecule is CSC[C@@H]1NC(=O)[C@H](Cc2ccc(O)cc2)NC(=O)[C@H](Cc2ccccc2)NC(=O)CNC(=O)[C@H](C)NC1=O. The molecule has 12 heteroatoms. The first-order valence-corrected chi connectivity index (χ1v) is 13.8. The molecule has 0 aromatic heterocycles. The van der Waals surface area contributed by atoms with Crippen molar-refractivity contribution in [3.8, 4) is 5.75 Å². The van der Waals surface area contributed by atoms with Crippen LogP contribution in [0.4, 0.5) is 0 Å². The van der Waals surface area contributed by atoms with Crippen LogP contribution in [0.3, 0.4) is 0 Å². The molecular formula is C27H33N5O6S. The van der Waals surface area contributed by atoms with Crippen LogP contribution in [-0.2, 0) is 36.8 Å². The van der Waals surface area contributed by atoms with E-state index in [4.69, 9.17) is 0 Å². The van der Waals surface area contributed by atoms with Crippen molar-refractivity contribution in [1.82, 2.24) is 26.6 Å². The van der Waals surface area contributed by atoms with E-state index in [1.165, 1.54) is 30.8 Å². The van der Waals surface area contributed by atoms with E-state index < -0.39 is 60.2 Å². The Hall–Kier alpha value is -4.06. The van der Waals surface area contributed by atoms with Gasteiger partial charge in [-0.1, -0.05) is 42.5 Å². The number of amides is 5. The van der Waals surface area contributed by atoms with Crippen LogP contribution >= 0.6 is 11.8 Å². The van der Waals surface area contributed by atoms with Gasteiger partial charge in [0.15, 0.2) is 0 Å². The molecule has 208 valence electrons. The quantitative estimate of drug-likeness (QED) is 0.283. The molecule has 39 heavy (non-hydrogen) atoms. The zero-order valence-electron chi connectivity index (χ0n) is 21.7. The van der Waals surface area contributed by atoms with Crippen LogP contribution in [0.15, 0.2) is 54.6 Å². The maximum absolute atomic E-state index is 13.5. The van der Waals surface area contributed by atoms with E-state index in [-0.39, 0.29) is 24.3 Å². The number of rotatable bonds is 6. The summed E-state index contributed by atoms with van der Waals surface area (Å²) in [5.74, 6) is -2.70. The van der Waals surface area contributed by atoms with Gasteiger partial charge >= 0.3 is 0 Å². The zero-order valence-corrected chi connectivity index (χ0v) is 22.5. The molecule has 0 radical (unpaired) electrons. The number of benzene rings is 2. The standard InChI is InChI=1S/C27H33N5O6S/c1-16-24(35)28-14-23(34)30-20(12-17-6-4-3-5-7-17)25(36)31-21(13-18-8-10-19(33)11-9-18)26(37)32-22(15-39-2)27(38)29-16/h3-11,16,20-22,33H,12-15H2,1-2H3,(H,28,35)(H,29,38)(H,30,34)(H,31,36)(H,32,37)/t16-,20-,21-,22-/m0/s1. The van der Waals surface area contributed by atoms with E-state index in [1.807, 2.05) is 18.2 Å². The molecule has 1 heterocycles. The molecule has 5 amide bonds. The lowest BCUT2D eigenvalue weighted by molar-refractivity contribution is -0.133. The van der Waals surface area contributed by atoms with E-state index in [0.717, 1.165) is 5.56 Å². The van der Waals surface area contributed by atoms with Crippen LogP contribution in [0.25, 0.3) is 0 Å². The molecule has 2 aromatic rings. The van der Waals surface area contributed by atoms with Crippen LogP contribution in [0.1, 0.15) is 18.1 Å². The summed E-state index contributed by atoms with van der Waals surface area (Å²) in [4.78, 5) is 65.0. The Kier molecular flexibility index (Phi) is 10.7. The average Bonchev–Trinajstić information content (AvgIpc) is 2.91. The number of hydrogen-bond acceptors (Lipinski definition) is 7. The molecule has 1 aliphatic heterocycles. The Balaban J connectivity index is 1.95. The molecule has 3 rings (SSSR count). The van der Waals surface area contributed by atoms with Crippen LogP contribution in [0.2, 0.25) is 0 Å². The second kappa shape index (κ2) is 14.2. The van der Waals surface area contributed by atoms with Crippen molar-refractivity contribution in [2.75, 3.05) is 18.6 Å². The maximum Gasteiger partial charge on any atom is 0.244 e. The van der Waals surface area contributed by atoms with Gasteiger partial charge < -0.3 is 31.7 Å². The molecule has 1 saturated heterocycles. The van der Waals surface area contributed by atoms with E-state index in [9.17, 15) is 29.1 Å². The van der Waals surface area contributed by atoms with Crippen molar-refractivity contribution in [2.45, 2.75) is 43.9 Å². The first-order chi connectivity index (χ1) is 18.7. The Morgan fingerprint density at radius 3 is 1.87 bits per heavy atom. The molecule has 2 aromatic carbocycles. The molecular weight excluding hydrogens is 522 g/mol. The fourth-order valence-corrected chi connectivity index (χ4v) is 4.54. The fourth-order valence-electron chi connectivity index (χ4n) is 3.98. The van der Waals surface area contributed by atoms with E-state index in [2.05, 4.69) is 26.6 Å². The normalized spacial score (nSPS) is 23.3. The highest BCUT2D eigenvalue weighted by Crippen LogP contribution is 2.13. The number of aromatic hydroxyl groups is 1. The minimum absolute atomic E-state index is 0.0499. The monoisotopic (exact) mass is 555 g/mol. The molecule has 4 atom stereocenters. The summed E-state index contributed by atoms with van der Waals surface area (Å²) >= 11 is 1.33. The predicted octanol–water partition coefficient (Wildman–Crippen LogP) is -0.371. The van der Waals surface area contributed by atoms with Gasteiger partial charge in [0.2, 0.25) is 29.5 Å². The summed E-state index contributed by atoms with van der Waals surface area (Å²) in [6.07, 6.45) is 1.98. The van der Waals surface area contributed by atoms with E-state index in [1.54, 1.807) is 30.5 Å². The van der Waals surface area contributed by atoms with Gasteiger partial charge in [0.25, 0.3) is 0 Å². The molecule has 0 spiro atoms. The van der Waals surface area contributed by atoms with Gasteiger partial charge in [-0.2, -0.15) is 11.8 Å². The lowest BCUT2D eigenvalue weighted by Crippen LogP contribution is -2.58. The van der Waals surface area contributed by atoms with Gasteiger partial charge in [-0.05, 0) is 36.4 Å². The molecule has 1 fully saturated rings. The first-order valence-electron chi connectivity index (χ1n) is 12.4. The third kappa shape index (κ3) is 9.02. The largest absolute Gasteiger partial charge is 0.508 e.